The van der Waals surface area contributed by atoms with Crippen LogP contribution in [0.3, 0.4) is 0 Å². The Kier molecular flexibility index (Phi) is 2.68. The second-order valence-corrected chi connectivity index (χ2v) is 5.80. The molecule has 0 radical (unpaired) electrons. The molecule has 92 valence electrons. The first-order valence-corrected chi connectivity index (χ1v) is 6.40. The third-order valence-corrected chi connectivity index (χ3v) is 3.99. The molecule has 1 unspecified atom stereocenters. The lowest BCUT2D eigenvalue weighted by Gasteiger charge is -2.19. The molecule has 0 heterocycles. The number of fused-ring (bicyclic) bond motifs is 2. The van der Waals surface area contributed by atoms with Crippen molar-refractivity contribution in [3.8, 4) is 0 Å². The normalized spacial score (nSPS) is 30.1. The van der Waals surface area contributed by atoms with Gasteiger partial charge in [0.05, 0.1) is 0 Å². The van der Waals surface area contributed by atoms with E-state index < -0.39 is 15.6 Å². The maximum absolute atomic E-state index is 12.1. The van der Waals surface area contributed by atoms with Gasteiger partial charge in [-0.15, -0.1) is 0 Å². The molecule has 16 heavy (non-hydrogen) atoms. The van der Waals surface area contributed by atoms with Gasteiger partial charge in [0.15, 0.2) is 0 Å². The lowest BCUT2D eigenvalue weighted by Crippen LogP contribution is -2.26. The summed E-state index contributed by atoms with van der Waals surface area (Å²) in [5, 5.41) is 0. The van der Waals surface area contributed by atoms with E-state index in [1.54, 1.807) is 0 Å². The summed E-state index contributed by atoms with van der Waals surface area (Å²) in [5.74, 6) is 0.404. The van der Waals surface area contributed by atoms with Crippen molar-refractivity contribution in [2.24, 2.45) is 11.8 Å². The van der Waals surface area contributed by atoms with Crippen molar-refractivity contribution in [3.63, 3.8) is 0 Å². The van der Waals surface area contributed by atoms with Crippen LogP contribution in [0.25, 0.3) is 0 Å². The van der Waals surface area contributed by atoms with Gasteiger partial charge in [0, 0.05) is 6.42 Å². The van der Waals surface area contributed by atoms with Crippen molar-refractivity contribution >= 4 is 10.1 Å². The Morgan fingerprint density at radius 3 is 2.56 bits per heavy atom. The molecule has 0 amide bonds. The molecular formula is C9H11F3O3S. The summed E-state index contributed by atoms with van der Waals surface area (Å²) in [5.41, 5.74) is -5.34. The zero-order valence-corrected chi connectivity index (χ0v) is 9.14. The standard InChI is InChI=1S/C9H11F3O3S/c10-9(11,12)16(13,14)15-8-4-6-1-2-7(3-6)5-8/h4,6-7H,1-3,5H2/t6-,7?/m0/s1. The highest BCUT2D eigenvalue weighted by Crippen LogP contribution is 2.42. The summed E-state index contributed by atoms with van der Waals surface area (Å²) in [4.78, 5) is 0. The van der Waals surface area contributed by atoms with Gasteiger partial charge in [-0.1, -0.05) is 0 Å². The minimum atomic E-state index is -5.48. The van der Waals surface area contributed by atoms with Gasteiger partial charge in [-0.2, -0.15) is 21.6 Å². The molecule has 0 aliphatic heterocycles. The molecule has 2 atom stereocenters. The fourth-order valence-corrected chi connectivity index (χ4v) is 2.82. The second-order valence-electron chi connectivity index (χ2n) is 4.26. The fourth-order valence-electron chi connectivity index (χ4n) is 2.32. The van der Waals surface area contributed by atoms with Crippen LogP contribution in [0.15, 0.2) is 11.8 Å². The Balaban J connectivity index is 2.12. The van der Waals surface area contributed by atoms with Crippen molar-refractivity contribution in [2.45, 2.75) is 31.2 Å². The van der Waals surface area contributed by atoms with Crippen molar-refractivity contribution in [3.05, 3.63) is 11.8 Å². The average molecular weight is 256 g/mol. The van der Waals surface area contributed by atoms with E-state index in [1.807, 2.05) is 0 Å². The summed E-state index contributed by atoms with van der Waals surface area (Å²) in [6.07, 6.45) is 4.58. The lowest BCUT2D eigenvalue weighted by molar-refractivity contribution is -0.0525. The first-order chi connectivity index (χ1) is 7.28. The number of allylic oxidation sites excluding steroid dienone is 2. The minimum absolute atomic E-state index is 0.0453. The fraction of sp³-hybridized carbons (Fsp3) is 0.778. The highest BCUT2D eigenvalue weighted by molar-refractivity contribution is 7.87. The Morgan fingerprint density at radius 2 is 2.00 bits per heavy atom. The van der Waals surface area contributed by atoms with Crippen molar-refractivity contribution in [2.75, 3.05) is 0 Å². The molecule has 1 saturated carbocycles. The van der Waals surface area contributed by atoms with E-state index in [0.29, 0.717) is 6.42 Å². The third kappa shape index (κ3) is 2.18. The predicted octanol–water partition coefficient (Wildman–Crippen LogP) is 2.56. The summed E-state index contributed by atoms with van der Waals surface area (Å²) >= 11 is 0. The molecule has 0 aromatic carbocycles. The van der Waals surface area contributed by atoms with Gasteiger partial charge in [-0.25, -0.2) is 0 Å². The topological polar surface area (TPSA) is 43.4 Å². The quantitative estimate of drug-likeness (QED) is 0.563. The van der Waals surface area contributed by atoms with Gasteiger partial charge in [0.25, 0.3) is 0 Å². The van der Waals surface area contributed by atoms with E-state index in [4.69, 9.17) is 0 Å². The average Bonchev–Trinajstić information content (AvgIpc) is 2.43. The first-order valence-electron chi connectivity index (χ1n) is 4.99. The van der Waals surface area contributed by atoms with Gasteiger partial charge in [-0.3, -0.25) is 0 Å². The molecule has 2 bridgehead atoms. The van der Waals surface area contributed by atoms with Gasteiger partial charge < -0.3 is 4.18 Å². The van der Waals surface area contributed by atoms with Gasteiger partial charge in [0.1, 0.15) is 5.76 Å². The molecule has 0 aromatic heterocycles. The predicted molar refractivity (Wildman–Crippen MR) is 49.6 cm³/mol. The lowest BCUT2D eigenvalue weighted by atomic mass is 9.94. The van der Waals surface area contributed by atoms with Crippen LogP contribution >= 0.6 is 0 Å². The van der Waals surface area contributed by atoms with Gasteiger partial charge >= 0.3 is 15.6 Å². The smallest absolute Gasteiger partial charge is 0.381 e. The maximum Gasteiger partial charge on any atom is 0.534 e. The van der Waals surface area contributed by atoms with Crippen LogP contribution in [0.1, 0.15) is 25.7 Å². The van der Waals surface area contributed by atoms with Crippen LogP contribution in [0.5, 0.6) is 0 Å². The first kappa shape index (κ1) is 11.8. The Labute approximate surface area is 91.4 Å². The Morgan fingerprint density at radius 1 is 1.31 bits per heavy atom. The van der Waals surface area contributed by atoms with E-state index >= 15 is 0 Å². The van der Waals surface area contributed by atoms with Crippen LogP contribution in [0.4, 0.5) is 13.2 Å². The molecule has 3 nitrogen and oxygen atoms in total. The minimum Gasteiger partial charge on any atom is -0.381 e. The molecule has 7 heteroatoms. The van der Waals surface area contributed by atoms with Crippen LogP contribution < -0.4 is 0 Å². The highest BCUT2D eigenvalue weighted by atomic mass is 32.2. The molecule has 0 spiro atoms. The van der Waals surface area contributed by atoms with Crippen molar-refractivity contribution in [1.82, 2.24) is 0 Å². The largest absolute Gasteiger partial charge is 0.534 e. The number of halogens is 3. The molecule has 0 saturated heterocycles. The number of hydrogen-bond acceptors (Lipinski definition) is 3. The zero-order valence-electron chi connectivity index (χ0n) is 8.33. The Bertz CT molecular complexity index is 410. The highest BCUT2D eigenvalue weighted by Gasteiger charge is 2.49. The van der Waals surface area contributed by atoms with Gasteiger partial charge in [0.2, 0.25) is 0 Å². The van der Waals surface area contributed by atoms with E-state index in [2.05, 4.69) is 4.18 Å². The molecular weight excluding hydrogens is 245 g/mol. The molecule has 2 aliphatic rings. The second kappa shape index (κ2) is 3.65. The maximum atomic E-state index is 12.1. The number of rotatable bonds is 2. The summed E-state index contributed by atoms with van der Waals surface area (Å²) < 4.78 is 61.8. The van der Waals surface area contributed by atoms with Gasteiger partial charge in [-0.05, 0) is 37.2 Å². The molecule has 2 rings (SSSR count). The summed E-state index contributed by atoms with van der Waals surface area (Å²) in [6.45, 7) is 0. The zero-order chi connectivity index (χ0) is 12.0. The summed E-state index contributed by atoms with van der Waals surface area (Å²) in [7, 11) is -5.48. The number of alkyl halides is 3. The van der Waals surface area contributed by atoms with E-state index in [1.165, 1.54) is 6.08 Å². The van der Waals surface area contributed by atoms with Crippen LogP contribution in [0.2, 0.25) is 0 Å². The van der Waals surface area contributed by atoms with Crippen molar-refractivity contribution in [1.29, 1.82) is 0 Å². The third-order valence-electron chi connectivity index (χ3n) is 2.99. The Hall–Kier alpha value is -0.720. The SMILES string of the molecule is O=S(=O)(OC1=C[C@H]2CCC(C1)C2)C(F)(F)F. The van der Waals surface area contributed by atoms with E-state index in [0.717, 1.165) is 19.3 Å². The van der Waals surface area contributed by atoms with Crippen LogP contribution in [-0.4, -0.2) is 13.9 Å². The molecule has 0 N–H and O–H groups in total. The summed E-state index contributed by atoms with van der Waals surface area (Å²) in [6, 6.07) is 0. The monoisotopic (exact) mass is 256 g/mol. The number of hydrogen-bond donors (Lipinski definition) is 0. The van der Waals surface area contributed by atoms with E-state index in [-0.39, 0.29) is 17.6 Å². The molecule has 2 aliphatic carbocycles. The molecule has 0 aromatic rings. The van der Waals surface area contributed by atoms with Crippen LogP contribution in [-0.2, 0) is 14.3 Å². The molecule has 1 fully saturated rings. The van der Waals surface area contributed by atoms with E-state index in [9.17, 15) is 21.6 Å². The van der Waals surface area contributed by atoms with Crippen molar-refractivity contribution < 1.29 is 25.8 Å². The van der Waals surface area contributed by atoms with Crippen LogP contribution in [0, 0.1) is 11.8 Å².